The number of nitrogens with one attached hydrogen (secondary N) is 1. The van der Waals surface area contributed by atoms with E-state index in [1.54, 1.807) is 42.7 Å². The highest BCUT2D eigenvalue weighted by atomic mass is 35.5. The second-order valence-electron chi connectivity index (χ2n) is 5.86. The summed E-state index contributed by atoms with van der Waals surface area (Å²) in [6.45, 7) is 0.197. The number of amides is 1. The molecule has 0 saturated heterocycles. The molecule has 0 atom stereocenters. The van der Waals surface area contributed by atoms with Gasteiger partial charge in [0.1, 0.15) is 24.5 Å². The molecule has 1 aromatic heterocycles. The number of rotatable bonds is 7. The predicted octanol–water partition coefficient (Wildman–Crippen LogP) is 4.42. The molecule has 0 radical (unpaired) electrons. The van der Waals surface area contributed by atoms with Crippen molar-refractivity contribution in [3.05, 3.63) is 83.2 Å². The van der Waals surface area contributed by atoms with Gasteiger partial charge in [0.05, 0.1) is 5.02 Å². The lowest BCUT2D eigenvalue weighted by atomic mass is 10.2. The monoisotopic (exact) mass is 385 g/mol. The van der Waals surface area contributed by atoms with Crippen molar-refractivity contribution in [3.63, 3.8) is 0 Å². The molecule has 1 N–H and O–H groups in total. The number of carbonyl (C=O) groups is 1. The predicted molar refractivity (Wildman–Crippen MR) is 101 cm³/mol. The Hall–Kier alpha value is -2.99. The van der Waals surface area contributed by atoms with Crippen molar-refractivity contribution in [3.8, 4) is 5.75 Å². The molecule has 1 amide bonds. The van der Waals surface area contributed by atoms with Gasteiger partial charge in [0.25, 0.3) is 0 Å². The molecule has 1 heterocycles. The summed E-state index contributed by atoms with van der Waals surface area (Å²) in [6.07, 6.45) is 5.67. The van der Waals surface area contributed by atoms with Crippen molar-refractivity contribution in [1.29, 1.82) is 0 Å². The molecule has 0 aliphatic carbocycles. The van der Waals surface area contributed by atoms with E-state index in [1.165, 1.54) is 18.5 Å². The minimum atomic E-state index is -0.317. The van der Waals surface area contributed by atoms with Crippen molar-refractivity contribution in [1.82, 2.24) is 9.97 Å². The molecular formula is C20H17ClFN3O2. The van der Waals surface area contributed by atoms with E-state index >= 15 is 0 Å². The third kappa shape index (κ3) is 5.76. The van der Waals surface area contributed by atoms with Crippen LogP contribution in [0.3, 0.4) is 0 Å². The Labute approximate surface area is 161 Å². The lowest BCUT2D eigenvalue weighted by Gasteiger charge is -2.11. The number of nitrogens with zero attached hydrogens (tertiary/aromatic N) is 2. The highest BCUT2D eigenvalue weighted by Crippen LogP contribution is 2.28. The van der Waals surface area contributed by atoms with Gasteiger partial charge in [-0.25, -0.2) is 14.4 Å². The lowest BCUT2D eigenvalue weighted by Crippen LogP contribution is -2.12. The zero-order chi connectivity index (χ0) is 19.1. The van der Waals surface area contributed by atoms with E-state index in [9.17, 15) is 9.18 Å². The average molecular weight is 386 g/mol. The van der Waals surface area contributed by atoms with Gasteiger partial charge in [-0.1, -0.05) is 23.7 Å². The van der Waals surface area contributed by atoms with Crippen LogP contribution in [0, 0.1) is 5.82 Å². The number of hydrogen-bond acceptors (Lipinski definition) is 4. The van der Waals surface area contributed by atoms with Crippen LogP contribution in [-0.2, 0) is 17.8 Å². The topological polar surface area (TPSA) is 64.1 Å². The third-order valence-corrected chi connectivity index (χ3v) is 4.05. The minimum Gasteiger partial charge on any atom is -0.487 e. The van der Waals surface area contributed by atoms with E-state index in [2.05, 4.69) is 15.3 Å². The van der Waals surface area contributed by atoms with E-state index in [4.69, 9.17) is 16.3 Å². The van der Waals surface area contributed by atoms with E-state index < -0.39 is 0 Å². The summed E-state index contributed by atoms with van der Waals surface area (Å²) >= 11 is 6.22. The lowest BCUT2D eigenvalue weighted by molar-refractivity contribution is -0.116. The maximum atomic E-state index is 13.2. The summed E-state index contributed by atoms with van der Waals surface area (Å²) in [5, 5.41) is 3.15. The highest BCUT2D eigenvalue weighted by molar-refractivity contribution is 6.32. The average Bonchev–Trinajstić information content (AvgIpc) is 2.67. The Morgan fingerprint density at radius 2 is 1.93 bits per heavy atom. The molecule has 0 aliphatic rings. The molecule has 138 valence electrons. The number of benzene rings is 2. The zero-order valence-electron chi connectivity index (χ0n) is 14.4. The maximum absolute atomic E-state index is 13.2. The zero-order valence-corrected chi connectivity index (χ0v) is 15.1. The van der Waals surface area contributed by atoms with Gasteiger partial charge < -0.3 is 10.1 Å². The molecule has 3 aromatic rings. The van der Waals surface area contributed by atoms with Crippen LogP contribution < -0.4 is 10.1 Å². The molecule has 0 saturated carbocycles. The second kappa shape index (κ2) is 9.09. The summed E-state index contributed by atoms with van der Waals surface area (Å²) in [5.41, 5.74) is 2.17. The van der Waals surface area contributed by atoms with Crippen LogP contribution in [0.25, 0.3) is 0 Å². The molecule has 0 bridgehead atoms. The van der Waals surface area contributed by atoms with Crippen molar-refractivity contribution in [2.24, 2.45) is 0 Å². The molecular weight excluding hydrogens is 369 g/mol. The molecule has 0 aliphatic heterocycles. The Bertz CT molecular complexity index is 922. The SMILES string of the molecule is O=C(CCc1cncnc1)Nc1ccc(OCc2cccc(F)c2)c(Cl)c1. The van der Waals surface area contributed by atoms with Crippen molar-refractivity contribution in [2.45, 2.75) is 19.4 Å². The van der Waals surface area contributed by atoms with Gasteiger partial charge in [0.2, 0.25) is 5.91 Å². The molecule has 2 aromatic carbocycles. The number of ether oxygens (including phenoxy) is 1. The first-order valence-corrected chi connectivity index (χ1v) is 8.68. The Morgan fingerprint density at radius 1 is 1.11 bits per heavy atom. The van der Waals surface area contributed by atoms with E-state index in [0.717, 1.165) is 5.56 Å². The fourth-order valence-electron chi connectivity index (χ4n) is 2.42. The van der Waals surface area contributed by atoms with Crippen LogP contribution in [0.15, 0.2) is 61.2 Å². The Morgan fingerprint density at radius 3 is 2.67 bits per heavy atom. The normalized spacial score (nSPS) is 10.4. The number of halogens is 2. The summed E-state index contributed by atoms with van der Waals surface area (Å²) in [4.78, 5) is 19.9. The molecule has 5 nitrogen and oxygen atoms in total. The van der Waals surface area contributed by atoms with Gasteiger partial charge >= 0.3 is 0 Å². The molecule has 7 heteroatoms. The molecule has 0 fully saturated rings. The fourth-order valence-corrected chi connectivity index (χ4v) is 2.66. The van der Waals surface area contributed by atoms with Gasteiger partial charge in [-0.05, 0) is 47.9 Å². The summed E-state index contributed by atoms with van der Waals surface area (Å²) in [6, 6.07) is 11.2. The van der Waals surface area contributed by atoms with Crippen molar-refractivity contribution in [2.75, 3.05) is 5.32 Å². The smallest absolute Gasteiger partial charge is 0.224 e. The maximum Gasteiger partial charge on any atom is 0.224 e. The third-order valence-electron chi connectivity index (χ3n) is 3.75. The first-order chi connectivity index (χ1) is 13.1. The van der Waals surface area contributed by atoms with Crippen LogP contribution in [0.2, 0.25) is 5.02 Å². The number of anilines is 1. The van der Waals surface area contributed by atoms with Gasteiger partial charge in [-0.2, -0.15) is 0 Å². The van der Waals surface area contributed by atoms with Gasteiger partial charge in [0.15, 0.2) is 0 Å². The largest absolute Gasteiger partial charge is 0.487 e. The number of carbonyl (C=O) groups excluding carboxylic acids is 1. The van der Waals surface area contributed by atoms with Crippen LogP contribution >= 0.6 is 11.6 Å². The van der Waals surface area contributed by atoms with E-state index in [-0.39, 0.29) is 18.3 Å². The fraction of sp³-hybridized carbons (Fsp3) is 0.150. The standard InChI is InChI=1S/C20H17ClFN3O2/c21-18-9-17(25-20(26)7-4-15-10-23-13-24-11-15)5-6-19(18)27-12-14-2-1-3-16(22)8-14/h1-3,5-6,8-11,13H,4,7,12H2,(H,25,26). The first kappa shape index (κ1) is 18.8. The molecule has 0 spiro atoms. The second-order valence-corrected chi connectivity index (χ2v) is 6.27. The Kier molecular flexibility index (Phi) is 6.33. The number of aryl methyl sites for hydroxylation is 1. The summed E-state index contributed by atoms with van der Waals surface area (Å²) in [7, 11) is 0. The summed E-state index contributed by atoms with van der Waals surface area (Å²) in [5.74, 6) is 0.00559. The van der Waals surface area contributed by atoms with Crippen molar-refractivity contribution < 1.29 is 13.9 Å². The Balaban J connectivity index is 1.53. The molecule has 27 heavy (non-hydrogen) atoms. The van der Waals surface area contributed by atoms with Crippen LogP contribution in [-0.4, -0.2) is 15.9 Å². The van der Waals surface area contributed by atoms with E-state index in [0.29, 0.717) is 34.9 Å². The molecule has 0 unspecified atom stereocenters. The minimum absolute atomic E-state index is 0.136. The van der Waals surface area contributed by atoms with Crippen LogP contribution in [0.1, 0.15) is 17.5 Å². The number of hydrogen-bond donors (Lipinski definition) is 1. The van der Waals surface area contributed by atoms with Crippen molar-refractivity contribution >= 4 is 23.2 Å². The number of aromatic nitrogens is 2. The van der Waals surface area contributed by atoms with Gasteiger partial charge in [-0.15, -0.1) is 0 Å². The van der Waals surface area contributed by atoms with Gasteiger partial charge in [0, 0.05) is 24.5 Å². The highest BCUT2D eigenvalue weighted by Gasteiger charge is 2.08. The quantitative estimate of drug-likeness (QED) is 0.654. The van der Waals surface area contributed by atoms with E-state index in [1.807, 2.05) is 0 Å². The van der Waals surface area contributed by atoms with Gasteiger partial charge in [-0.3, -0.25) is 4.79 Å². The van der Waals surface area contributed by atoms with Crippen LogP contribution in [0.5, 0.6) is 5.75 Å². The first-order valence-electron chi connectivity index (χ1n) is 8.31. The van der Waals surface area contributed by atoms with Crippen LogP contribution in [0.4, 0.5) is 10.1 Å². The summed E-state index contributed by atoms with van der Waals surface area (Å²) < 4.78 is 18.8. The molecule has 3 rings (SSSR count).